The van der Waals surface area contributed by atoms with Crippen LogP contribution in [0.15, 0.2) is 18.2 Å². The average molecular weight is 280 g/mol. The van der Waals surface area contributed by atoms with E-state index in [-0.39, 0.29) is 11.5 Å². The molecule has 0 radical (unpaired) electrons. The molecule has 0 saturated carbocycles. The van der Waals surface area contributed by atoms with Gasteiger partial charge in [0.2, 0.25) is 0 Å². The maximum atomic E-state index is 11.6. The largest absolute Gasteiger partial charge is 0.497 e. The van der Waals surface area contributed by atoms with Gasteiger partial charge in [-0.1, -0.05) is 0 Å². The molecule has 1 saturated heterocycles. The smallest absolute Gasteiger partial charge is 0.152 e. The van der Waals surface area contributed by atoms with Crippen LogP contribution in [0.25, 0.3) is 0 Å². The molecule has 102 valence electrons. The van der Waals surface area contributed by atoms with Crippen LogP contribution >= 0.6 is 0 Å². The Morgan fingerprint density at radius 2 is 2.21 bits per heavy atom. The van der Waals surface area contributed by atoms with Crippen molar-refractivity contribution in [3.63, 3.8) is 0 Å². The van der Waals surface area contributed by atoms with Crippen LogP contribution in [0, 0.1) is 11.3 Å². The van der Waals surface area contributed by atoms with Crippen LogP contribution in [0.5, 0.6) is 5.75 Å². The Balaban J connectivity index is 2.31. The number of benzene rings is 1. The van der Waals surface area contributed by atoms with E-state index in [1.807, 2.05) is 6.92 Å². The zero-order valence-electron chi connectivity index (χ0n) is 10.9. The number of hydrogen-bond acceptors (Lipinski definition) is 5. The number of methoxy groups -OCH3 is 1. The van der Waals surface area contributed by atoms with Crippen molar-refractivity contribution in [1.82, 2.24) is 0 Å². The first kappa shape index (κ1) is 13.7. The van der Waals surface area contributed by atoms with Crippen molar-refractivity contribution in [2.75, 3.05) is 23.9 Å². The first-order valence-electron chi connectivity index (χ1n) is 5.94. The molecule has 0 bridgehead atoms. The summed E-state index contributed by atoms with van der Waals surface area (Å²) in [4.78, 5) is 0. The van der Waals surface area contributed by atoms with Gasteiger partial charge in [0, 0.05) is 11.6 Å². The van der Waals surface area contributed by atoms with Gasteiger partial charge in [0.25, 0.3) is 0 Å². The molecule has 0 amide bonds. The normalized spacial score (nSPS) is 24.7. The molecule has 1 aromatic carbocycles. The first-order valence-corrected chi connectivity index (χ1v) is 7.76. The lowest BCUT2D eigenvalue weighted by Crippen LogP contribution is -2.36. The molecule has 5 nitrogen and oxygen atoms in total. The van der Waals surface area contributed by atoms with Crippen molar-refractivity contribution in [3.05, 3.63) is 23.8 Å². The van der Waals surface area contributed by atoms with Crippen LogP contribution in [0.3, 0.4) is 0 Å². The molecule has 1 heterocycles. The molecule has 0 aliphatic carbocycles. The molecule has 19 heavy (non-hydrogen) atoms. The molecule has 2 rings (SSSR count). The van der Waals surface area contributed by atoms with Crippen LogP contribution in [-0.2, 0) is 9.84 Å². The zero-order valence-corrected chi connectivity index (χ0v) is 11.8. The minimum absolute atomic E-state index is 0.0854. The summed E-state index contributed by atoms with van der Waals surface area (Å²) in [5, 5.41) is 12.3. The molecular formula is C13H16N2O3S. The van der Waals surface area contributed by atoms with E-state index in [9.17, 15) is 8.42 Å². The third-order valence-corrected chi connectivity index (χ3v) is 5.19. The number of nitrogens with zero attached hydrogens (tertiary/aromatic N) is 1. The van der Waals surface area contributed by atoms with Crippen molar-refractivity contribution in [3.8, 4) is 11.8 Å². The fourth-order valence-electron chi connectivity index (χ4n) is 2.29. The van der Waals surface area contributed by atoms with Crippen LogP contribution in [-0.4, -0.2) is 32.6 Å². The molecule has 1 fully saturated rings. The van der Waals surface area contributed by atoms with E-state index in [2.05, 4.69) is 11.4 Å². The summed E-state index contributed by atoms with van der Waals surface area (Å²) in [6.45, 7) is 1.86. The van der Waals surface area contributed by atoms with Crippen molar-refractivity contribution in [1.29, 1.82) is 5.26 Å². The quantitative estimate of drug-likeness (QED) is 0.909. The molecule has 0 spiro atoms. The summed E-state index contributed by atoms with van der Waals surface area (Å²) in [6, 6.07) is 7.17. The highest BCUT2D eigenvalue weighted by Crippen LogP contribution is 2.30. The minimum Gasteiger partial charge on any atom is -0.497 e. The van der Waals surface area contributed by atoms with Gasteiger partial charge in [-0.3, -0.25) is 0 Å². The summed E-state index contributed by atoms with van der Waals surface area (Å²) >= 11 is 0. The second kappa shape index (κ2) is 4.74. The van der Waals surface area contributed by atoms with Gasteiger partial charge in [0.15, 0.2) is 9.84 Å². The molecule has 1 aliphatic rings. The predicted molar refractivity (Wildman–Crippen MR) is 73.0 cm³/mol. The van der Waals surface area contributed by atoms with E-state index >= 15 is 0 Å². The molecule has 1 unspecified atom stereocenters. The molecule has 1 atom stereocenters. The van der Waals surface area contributed by atoms with Crippen molar-refractivity contribution in [2.45, 2.75) is 18.9 Å². The van der Waals surface area contributed by atoms with Crippen molar-refractivity contribution in [2.24, 2.45) is 0 Å². The third-order valence-electron chi connectivity index (χ3n) is 3.29. The second-order valence-electron chi connectivity index (χ2n) is 5.05. The number of nitrogens with one attached hydrogen (secondary N) is 1. The molecule has 6 heteroatoms. The second-order valence-corrected chi connectivity index (χ2v) is 7.24. The van der Waals surface area contributed by atoms with Gasteiger partial charge in [0.1, 0.15) is 11.8 Å². The first-order chi connectivity index (χ1) is 8.87. The van der Waals surface area contributed by atoms with Crippen LogP contribution in [0.1, 0.15) is 18.9 Å². The van der Waals surface area contributed by atoms with E-state index in [1.54, 1.807) is 25.3 Å². The van der Waals surface area contributed by atoms with Gasteiger partial charge >= 0.3 is 0 Å². The van der Waals surface area contributed by atoms with Gasteiger partial charge in [0.05, 0.1) is 29.9 Å². The Morgan fingerprint density at radius 3 is 2.74 bits per heavy atom. The molecule has 1 aliphatic heterocycles. The number of rotatable bonds is 3. The summed E-state index contributed by atoms with van der Waals surface area (Å²) in [5.41, 5.74) is 0.560. The molecule has 1 N–H and O–H groups in total. The number of ether oxygens (including phenoxy) is 1. The van der Waals surface area contributed by atoms with E-state index in [0.29, 0.717) is 23.4 Å². The van der Waals surface area contributed by atoms with Crippen LogP contribution in [0.4, 0.5) is 5.69 Å². The maximum absolute atomic E-state index is 11.6. The highest BCUT2D eigenvalue weighted by Gasteiger charge is 2.38. The van der Waals surface area contributed by atoms with Crippen molar-refractivity contribution < 1.29 is 13.2 Å². The fraction of sp³-hybridized carbons (Fsp3) is 0.462. The lowest BCUT2D eigenvalue weighted by Gasteiger charge is -2.26. The number of sulfone groups is 1. The summed E-state index contributed by atoms with van der Waals surface area (Å²) in [5.74, 6) is 0.899. The summed E-state index contributed by atoms with van der Waals surface area (Å²) in [7, 11) is -1.44. The maximum Gasteiger partial charge on any atom is 0.152 e. The Kier molecular flexibility index (Phi) is 3.42. The van der Waals surface area contributed by atoms with Gasteiger partial charge in [-0.2, -0.15) is 5.26 Å². The topological polar surface area (TPSA) is 79.2 Å². The van der Waals surface area contributed by atoms with Crippen LogP contribution < -0.4 is 10.1 Å². The van der Waals surface area contributed by atoms with E-state index in [0.717, 1.165) is 0 Å². The molecule has 1 aromatic rings. The average Bonchev–Trinajstić information content (AvgIpc) is 2.63. The van der Waals surface area contributed by atoms with Gasteiger partial charge < -0.3 is 10.1 Å². The SMILES string of the molecule is COc1ccc(C#N)c(NC2(C)CCS(=O)(=O)C2)c1. The fourth-order valence-corrected chi connectivity index (χ4v) is 4.38. The van der Waals surface area contributed by atoms with Gasteiger partial charge in [-0.15, -0.1) is 0 Å². The number of nitriles is 1. The molecule has 0 aromatic heterocycles. The summed E-state index contributed by atoms with van der Waals surface area (Å²) in [6.07, 6.45) is 0.539. The lowest BCUT2D eigenvalue weighted by molar-refractivity contribution is 0.415. The van der Waals surface area contributed by atoms with Crippen molar-refractivity contribution >= 4 is 15.5 Å². The molecular weight excluding hydrogens is 264 g/mol. The minimum atomic E-state index is -2.99. The van der Waals surface area contributed by atoms with Gasteiger partial charge in [-0.05, 0) is 25.5 Å². The monoisotopic (exact) mass is 280 g/mol. The summed E-state index contributed by atoms with van der Waals surface area (Å²) < 4.78 is 28.3. The van der Waals surface area contributed by atoms with Crippen LogP contribution in [0.2, 0.25) is 0 Å². The standard InChI is InChI=1S/C13H16N2O3S/c1-13(5-6-19(16,17)9-13)15-12-7-11(18-2)4-3-10(12)8-14/h3-4,7,15H,5-6,9H2,1-2H3. The van der Waals surface area contributed by atoms with Gasteiger partial charge in [-0.25, -0.2) is 8.42 Å². The Hall–Kier alpha value is -1.74. The van der Waals surface area contributed by atoms with E-state index < -0.39 is 15.4 Å². The highest BCUT2D eigenvalue weighted by atomic mass is 32.2. The number of hydrogen-bond donors (Lipinski definition) is 1. The highest BCUT2D eigenvalue weighted by molar-refractivity contribution is 7.91. The predicted octanol–water partition coefficient (Wildman–Crippen LogP) is 1.56. The number of anilines is 1. The Bertz CT molecular complexity index is 634. The van der Waals surface area contributed by atoms with E-state index in [4.69, 9.17) is 10.00 Å². The van der Waals surface area contributed by atoms with E-state index in [1.165, 1.54) is 0 Å². The zero-order chi connectivity index (χ0) is 14.1. The lowest BCUT2D eigenvalue weighted by atomic mass is 10.0. The third kappa shape index (κ3) is 2.99. The Labute approximate surface area is 113 Å². The Morgan fingerprint density at radius 1 is 1.47 bits per heavy atom.